The number of hydrogen-bond donors (Lipinski definition) is 2. The third-order valence-corrected chi connectivity index (χ3v) is 6.27. The highest BCUT2D eigenvalue weighted by Gasteiger charge is 2.60. The van der Waals surface area contributed by atoms with E-state index in [-0.39, 0.29) is 17.4 Å². The number of benzene rings is 1. The molecule has 1 saturated heterocycles. The van der Waals surface area contributed by atoms with E-state index in [1.54, 1.807) is 0 Å². The van der Waals surface area contributed by atoms with Gasteiger partial charge in [0.2, 0.25) is 5.91 Å². The van der Waals surface area contributed by atoms with Crippen LogP contribution in [0.4, 0.5) is 5.69 Å². The lowest BCUT2D eigenvalue weighted by Crippen LogP contribution is -2.53. The molecule has 3 fully saturated rings. The van der Waals surface area contributed by atoms with Crippen molar-refractivity contribution in [2.75, 3.05) is 18.0 Å². The van der Waals surface area contributed by atoms with E-state index in [1.165, 1.54) is 0 Å². The average Bonchev–Trinajstić information content (AvgIpc) is 3.19. The average molecular weight is 314 g/mol. The SMILES string of the molecule is O=C(NCC1(C2(O)CCC2)CC1)C1CCCN1c1ccccc1. The van der Waals surface area contributed by atoms with Crippen LogP contribution in [0.25, 0.3) is 0 Å². The standard InChI is InChI=1S/C19H26N2O2/c22-17(20-14-18(11-12-18)19(23)9-5-10-19)16-8-4-13-21(16)15-6-2-1-3-7-15/h1-3,6-7,16,23H,4-5,8-14H2,(H,20,22). The molecule has 23 heavy (non-hydrogen) atoms. The Morgan fingerprint density at radius 1 is 1.17 bits per heavy atom. The summed E-state index contributed by atoms with van der Waals surface area (Å²) in [4.78, 5) is 14.9. The molecule has 0 radical (unpaired) electrons. The first-order chi connectivity index (χ1) is 11.1. The lowest BCUT2D eigenvalue weighted by Gasteiger charge is -2.44. The lowest BCUT2D eigenvalue weighted by atomic mass is 9.69. The topological polar surface area (TPSA) is 52.6 Å². The van der Waals surface area contributed by atoms with Gasteiger partial charge in [-0.2, -0.15) is 0 Å². The molecule has 1 aliphatic heterocycles. The fraction of sp³-hybridized carbons (Fsp3) is 0.632. The molecule has 1 aromatic rings. The summed E-state index contributed by atoms with van der Waals surface area (Å²) in [6.07, 6.45) is 7.01. The molecule has 1 amide bonds. The highest BCUT2D eigenvalue weighted by atomic mass is 16.3. The second kappa shape index (κ2) is 5.52. The van der Waals surface area contributed by atoms with Crippen LogP contribution in [-0.4, -0.2) is 35.7 Å². The predicted molar refractivity (Wildman–Crippen MR) is 90.3 cm³/mol. The molecule has 4 rings (SSSR count). The van der Waals surface area contributed by atoms with Crippen LogP contribution in [0, 0.1) is 5.41 Å². The molecule has 1 unspecified atom stereocenters. The van der Waals surface area contributed by atoms with Gasteiger partial charge in [0.1, 0.15) is 6.04 Å². The maximum atomic E-state index is 12.7. The second-order valence-electron chi connectivity index (χ2n) is 7.57. The Bertz CT molecular complexity index is 578. The summed E-state index contributed by atoms with van der Waals surface area (Å²) in [7, 11) is 0. The van der Waals surface area contributed by atoms with Crippen LogP contribution in [0.5, 0.6) is 0 Å². The van der Waals surface area contributed by atoms with Crippen molar-refractivity contribution in [3.05, 3.63) is 30.3 Å². The van der Waals surface area contributed by atoms with Gasteiger partial charge in [-0.3, -0.25) is 4.79 Å². The van der Waals surface area contributed by atoms with Crippen molar-refractivity contribution in [2.45, 2.75) is 56.6 Å². The maximum Gasteiger partial charge on any atom is 0.242 e. The summed E-state index contributed by atoms with van der Waals surface area (Å²) < 4.78 is 0. The Kier molecular flexibility index (Phi) is 3.60. The minimum Gasteiger partial charge on any atom is -0.389 e. The first kappa shape index (κ1) is 15.0. The number of nitrogens with one attached hydrogen (secondary N) is 1. The van der Waals surface area contributed by atoms with Gasteiger partial charge in [0.15, 0.2) is 0 Å². The van der Waals surface area contributed by atoms with E-state index in [1.807, 2.05) is 18.2 Å². The molecule has 3 aliphatic rings. The molecule has 2 aliphatic carbocycles. The van der Waals surface area contributed by atoms with Crippen LogP contribution in [0.2, 0.25) is 0 Å². The third-order valence-electron chi connectivity index (χ3n) is 6.27. The first-order valence-corrected chi connectivity index (χ1v) is 8.95. The predicted octanol–water partition coefficient (Wildman–Crippen LogP) is 2.47. The van der Waals surface area contributed by atoms with Crippen molar-refractivity contribution in [1.82, 2.24) is 5.32 Å². The van der Waals surface area contributed by atoms with E-state index in [9.17, 15) is 9.90 Å². The molecule has 1 aromatic carbocycles. The molecule has 2 saturated carbocycles. The second-order valence-corrected chi connectivity index (χ2v) is 7.57. The van der Waals surface area contributed by atoms with Gasteiger partial charge in [-0.1, -0.05) is 18.2 Å². The maximum absolute atomic E-state index is 12.7. The number of nitrogens with zero attached hydrogens (tertiary/aromatic N) is 1. The normalized spacial score (nSPS) is 27.3. The summed E-state index contributed by atoms with van der Waals surface area (Å²) >= 11 is 0. The monoisotopic (exact) mass is 314 g/mol. The highest BCUT2D eigenvalue weighted by molar-refractivity contribution is 5.86. The quantitative estimate of drug-likeness (QED) is 0.878. The molecule has 2 N–H and O–H groups in total. The van der Waals surface area contributed by atoms with E-state index in [0.29, 0.717) is 6.54 Å². The van der Waals surface area contributed by atoms with Crippen LogP contribution in [-0.2, 0) is 4.79 Å². The number of rotatable bonds is 5. The summed E-state index contributed by atoms with van der Waals surface area (Å²) in [6, 6.07) is 10.1. The number of aliphatic hydroxyl groups is 1. The van der Waals surface area contributed by atoms with Crippen molar-refractivity contribution in [1.29, 1.82) is 0 Å². The molecule has 4 heteroatoms. The van der Waals surface area contributed by atoms with Gasteiger partial charge in [0.25, 0.3) is 0 Å². The van der Waals surface area contributed by atoms with Gasteiger partial charge in [0, 0.05) is 24.2 Å². The lowest BCUT2D eigenvalue weighted by molar-refractivity contribution is -0.125. The minimum absolute atomic E-state index is 0.0307. The van der Waals surface area contributed by atoms with Crippen LogP contribution >= 0.6 is 0 Å². The minimum atomic E-state index is -0.505. The van der Waals surface area contributed by atoms with Gasteiger partial charge in [-0.05, 0) is 57.1 Å². The number of amides is 1. The number of para-hydroxylation sites is 1. The number of hydrogen-bond acceptors (Lipinski definition) is 3. The van der Waals surface area contributed by atoms with Crippen molar-refractivity contribution >= 4 is 11.6 Å². The third kappa shape index (κ3) is 2.53. The van der Waals surface area contributed by atoms with Crippen LogP contribution in [0.15, 0.2) is 30.3 Å². The Balaban J connectivity index is 1.39. The Labute approximate surface area is 137 Å². The van der Waals surface area contributed by atoms with E-state index in [0.717, 1.165) is 57.2 Å². The van der Waals surface area contributed by atoms with Crippen molar-refractivity contribution in [2.24, 2.45) is 5.41 Å². The van der Waals surface area contributed by atoms with Crippen LogP contribution in [0.1, 0.15) is 44.9 Å². The number of carbonyl (C=O) groups is 1. The van der Waals surface area contributed by atoms with Crippen LogP contribution in [0.3, 0.4) is 0 Å². The first-order valence-electron chi connectivity index (χ1n) is 8.95. The number of carbonyl (C=O) groups excluding carboxylic acids is 1. The Morgan fingerprint density at radius 3 is 2.52 bits per heavy atom. The van der Waals surface area contributed by atoms with Gasteiger partial charge in [0.05, 0.1) is 5.60 Å². The zero-order valence-corrected chi connectivity index (χ0v) is 13.6. The molecule has 0 bridgehead atoms. The van der Waals surface area contributed by atoms with E-state index >= 15 is 0 Å². The summed E-state index contributed by atoms with van der Waals surface area (Å²) in [6.45, 7) is 1.58. The van der Waals surface area contributed by atoms with Gasteiger partial charge < -0.3 is 15.3 Å². The fourth-order valence-electron chi connectivity index (χ4n) is 4.34. The van der Waals surface area contributed by atoms with Gasteiger partial charge in [-0.15, -0.1) is 0 Å². The highest BCUT2D eigenvalue weighted by Crippen LogP contribution is 2.60. The molecule has 0 spiro atoms. The fourth-order valence-corrected chi connectivity index (χ4v) is 4.34. The molecule has 1 atom stereocenters. The Hall–Kier alpha value is -1.55. The smallest absolute Gasteiger partial charge is 0.242 e. The molecule has 1 heterocycles. The molecule has 124 valence electrons. The van der Waals surface area contributed by atoms with E-state index in [4.69, 9.17) is 0 Å². The summed E-state index contributed by atoms with van der Waals surface area (Å²) in [5.41, 5.74) is 0.593. The molecule has 0 aromatic heterocycles. The Morgan fingerprint density at radius 2 is 1.91 bits per heavy atom. The number of anilines is 1. The summed E-state index contributed by atoms with van der Waals surface area (Å²) in [5.74, 6) is 0.126. The van der Waals surface area contributed by atoms with E-state index < -0.39 is 5.60 Å². The van der Waals surface area contributed by atoms with E-state index in [2.05, 4.69) is 22.3 Å². The molecule has 4 nitrogen and oxygen atoms in total. The van der Waals surface area contributed by atoms with Gasteiger partial charge in [-0.25, -0.2) is 0 Å². The van der Waals surface area contributed by atoms with Crippen molar-refractivity contribution in [3.63, 3.8) is 0 Å². The zero-order valence-electron chi connectivity index (χ0n) is 13.6. The van der Waals surface area contributed by atoms with Crippen molar-refractivity contribution < 1.29 is 9.90 Å². The largest absolute Gasteiger partial charge is 0.389 e. The summed E-state index contributed by atoms with van der Waals surface area (Å²) in [5, 5.41) is 13.8. The zero-order chi connectivity index (χ0) is 15.9. The van der Waals surface area contributed by atoms with Crippen LogP contribution < -0.4 is 10.2 Å². The molecular weight excluding hydrogens is 288 g/mol. The van der Waals surface area contributed by atoms with Gasteiger partial charge >= 0.3 is 0 Å². The molecular formula is C19H26N2O2. The van der Waals surface area contributed by atoms with Crippen molar-refractivity contribution in [3.8, 4) is 0 Å².